The van der Waals surface area contributed by atoms with Crippen molar-refractivity contribution in [3.05, 3.63) is 71.9 Å². The second kappa shape index (κ2) is 8.06. The van der Waals surface area contributed by atoms with Gasteiger partial charge in [0.25, 0.3) is 0 Å². The molecule has 0 spiro atoms. The number of rotatable bonds is 6. The van der Waals surface area contributed by atoms with Gasteiger partial charge in [-0.2, -0.15) is 0 Å². The molecular weight excluding hydrogens is 374 g/mol. The number of hydrogen-bond donors (Lipinski definition) is 1. The normalized spacial score (nSPS) is 10.6. The van der Waals surface area contributed by atoms with Gasteiger partial charge in [0.1, 0.15) is 22.7 Å². The molecule has 0 aliphatic heterocycles. The third kappa shape index (κ3) is 3.65. The Balaban J connectivity index is 1.71. The molecule has 0 fully saturated rings. The molecule has 0 amide bonds. The van der Waals surface area contributed by atoms with Gasteiger partial charge in [-0.25, -0.2) is 14.8 Å². The fourth-order valence-corrected chi connectivity index (χ4v) is 3.61. The van der Waals surface area contributed by atoms with E-state index in [0.717, 1.165) is 11.4 Å². The Morgan fingerprint density at radius 3 is 2.68 bits per heavy atom. The summed E-state index contributed by atoms with van der Waals surface area (Å²) in [5.74, 6) is 1.51. The molecule has 4 aromatic rings. The van der Waals surface area contributed by atoms with Crippen LogP contribution in [0.15, 0.2) is 66.3 Å². The van der Waals surface area contributed by atoms with Crippen molar-refractivity contribution in [2.75, 3.05) is 11.9 Å². The number of fused-ring (bicyclic) bond motifs is 1. The van der Waals surface area contributed by atoms with Crippen molar-refractivity contribution in [1.29, 1.82) is 0 Å². The Morgan fingerprint density at radius 2 is 1.86 bits per heavy atom. The van der Waals surface area contributed by atoms with Gasteiger partial charge in [-0.3, -0.25) is 0 Å². The first kappa shape index (κ1) is 17.9. The van der Waals surface area contributed by atoms with Gasteiger partial charge in [0.05, 0.1) is 23.2 Å². The van der Waals surface area contributed by atoms with Crippen molar-refractivity contribution in [2.45, 2.75) is 6.92 Å². The van der Waals surface area contributed by atoms with Crippen LogP contribution in [-0.4, -0.2) is 22.5 Å². The van der Waals surface area contributed by atoms with Gasteiger partial charge >= 0.3 is 5.97 Å². The minimum atomic E-state index is -0.388. The molecule has 1 N–H and O–H groups in total. The van der Waals surface area contributed by atoms with Crippen molar-refractivity contribution in [3.8, 4) is 11.5 Å². The van der Waals surface area contributed by atoms with E-state index >= 15 is 0 Å². The lowest BCUT2D eigenvalue weighted by Crippen LogP contribution is -2.05. The van der Waals surface area contributed by atoms with E-state index in [0.29, 0.717) is 34.0 Å². The monoisotopic (exact) mass is 391 g/mol. The van der Waals surface area contributed by atoms with Gasteiger partial charge in [0.2, 0.25) is 0 Å². The predicted octanol–water partition coefficient (Wildman–Crippen LogP) is 5.40. The molecule has 0 aliphatic rings. The topological polar surface area (TPSA) is 73.3 Å². The van der Waals surface area contributed by atoms with Crippen LogP contribution in [0.1, 0.15) is 17.3 Å². The summed E-state index contributed by atoms with van der Waals surface area (Å²) >= 11 is 1.38. The van der Waals surface area contributed by atoms with Crippen LogP contribution in [0.5, 0.6) is 11.5 Å². The van der Waals surface area contributed by atoms with Gasteiger partial charge in [-0.05, 0) is 31.2 Å². The largest absolute Gasteiger partial charge is 0.462 e. The number of hydrogen-bond acceptors (Lipinski definition) is 7. The lowest BCUT2D eigenvalue weighted by atomic mass is 10.2. The van der Waals surface area contributed by atoms with Crippen LogP contribution in [0.4, 0.5) is 11.5 Å². The van der Waals surface area contributed by atoms with Crippen molar-refractivity contribution in [1.82, 2.24) is 9.97 Å². The van der Waals surface area contributed by atoms with Crippen molar-refractivity contribution in [3.63, 3.8) is 0 Å². The highest BCUT2D eigenvalue weighted by molar-refractivity contribution is 7.17. The Hall–Kier alpha value is -3.45. The van der Waals surface area contributed by atoms with Crippen LogP contribution in [0.3, 0.4) is 0 Å². The van der Waals surface area contributed by atoms with E-state index in [9.17, 15) is 4.79 Å². The van der Waals surface area contributed by atoms with E-state index in [2.05, 4.69) is 15.3 Å². The maximum Gasteiger partial charge on any atom is 0.339 e. The van der Waals surface area contributed by atoms with E-state index < -0.39 is 0 Å². The van der Waals surface area contributed by atoms with Crippen LogP contribution in [-0.2, 0) is 4.74 Å². The summed E-state index contributed by atoms with van der Waals surface area (Å²) in [5, 5.41) is 5.67. The number of nitrogens with one attached hydrogen (secondary N) is 1. The SMILES string of the molecule is CCOC(=O)c1csc2ncnc(Nc3ccccc3Oc3ccccc3)c12. The fourth-order valence-electron chi connectivity index (χ4n) is 2.73. The van der Waals surface area contributed by atoms with E-state index in [-0.39, 0.29) is 5.97 Å². The van der Waals surface area contributed by atoms with Crippen LogP contribution in [0.2, 0.25) is 0 Å². The molecule has 0 saturated carbocycles. The first-order chi connectivity index (χ1) is 13.8. The second-order valence-electron chi connectivity index (χ2n) is 5.81. The molecular formula is C21H17N3O3S. The smallest absolute Gasteiger partial charge is 0.339 e. The number of nitrogens with zero attached hydrogens (tertiary/aromatic N) is 2. The highest BCUT2D eigenvalue weighted by atomic mass is 32.1. The Morgan fingerprint density at radius 1 is 1.07 bits per heavy atom. The maximum absolute atomic E-state index is 12.3. The zero-order valence-electron chi connectivity index (χ0n) is 15.1. The summed E-state index contributed by atoms with van der Waals surface area (Å²) in [6, 6.07) is 17.1. The molecule has 0 radical (unpaired) electrons. The summed E-state index contributed by atoms with van der Waals surface area (Å²) in [7, 11) is 0. The molecule has 0 unspecified atom stereocenters. The van der Waals surface area contributed by atoms with Gasteiger partial charge in [-0.15, -0.1) is 11.3 Å². The first-order valence-electron chi connectivity index (χ1n) is 8.74. The number of carbonyl (C=O) groups excluding carboxylic acids is 1. The molecule has 28 heavy (non-hydrogen) atoms. The van der Waals surface area contributed by atoms with E-state index in [1.54, 1.807) is 12.3 Å². The van der Waals surface area contributed by atoms with Crippen LogP contribution >= 0.6 is 11.3 Å². The van der Waals surface area contributed by atoms with Gasteiger partial charge < -0.3 is 14.8 Å². The lowest BCUT2D eigenvalue weighted by Gasteiger charge is -2.13. The highest BCUT2D eigenvalue weighted by Gasteiger charge is 2.19. The number of carbonyl (C=O) groups is 1. The Kier molecular flexibility index (Phi) is 5.16. The first-order valence-corrected chi connectivity index (χ1v) is 9.62. The summed E-state index contributed by atoms with van der Waals surface area (Å²) < 4.78 is 11.2. The molecule has 140 valence electrons. The van der Waals surface area contributed by atoms with Crippen LogP contribution in [0.25, 0.3) is 10.2 Å². The number of aromatic nitrogens is 2. The average Bonchev–Trinajstić information content (AvgIpc) is 3.16. The number of ether oxygens (including phenoxy) is 2. The number of esters is 1. The summed E-state index contributed by atoms with van der Waals surface area (Å²) in [6.07, 6.45) is 1.47. The van der Waals surface area contributed by atoms with E-state index in [1.165, 1.54) is 17.7 Å². The van der Waals surface area contributed by atoms with Crippen LogP contribution in [0, 0.1) is 0 Å². The summed E-state index contributed by atoms with van der Waals surface area (Å²) in [4.78, 5) is 21.6. The van der Waals surface area contributed by atoms with Crippen molar-refractivity contribution >= 4 is 39.0 Å². The number of anilines is 2. The molecule has 2 aromatic carbocycles. The molecule has 2 aromatic heterocycles. The number of benzene rings is 2. The van der Waals surface area contributed by atoms with E-state index in [1.807, 2.05) is 54.6 Å². The standard InChI is InChI=1S/C21H17N3O3S/c1-2-26-21(25)15-12-28-20-18(15)19(22-13-23-20)24-16-10-6-7-11-17(16)27-14-8-4-3-5-9-14/h3-13H,2H2,1H3,(H,22,23,24). The third-order valence-corrected chi connectivity index (χ3v) is 4.86. The maximum atomic E-state index is 12.3. The molecule has 4 rings (SSSR count). The molecule has 2 heterocycles. The van der Waals surface area contributed by atoms with E-state index in [4.69, 9.17) is 9.47 Å². The minimum Gasteiger partial charge on any atom is -0.462 e. The highest BCUT2D eigenvalue weighted by Crippen LogP contribution is 2.35. The number of para-hydroxylation sites is 3. The van der Waals surface area contributed by atoms with Crippen molar-refractivity contribution in [2.24, 2.45) is 0 Å². The molecule has 0 saturated heterocycles. The molecule has 0 atom stereocenters. The summed E-state index contributed by atoms with van der Waals surface area (Å²) in [6.45, 7) is 2.08. The van der Waals surface area contributed by atoms with Crippen molar-refractivity contribution < 1.29 is 14.3 Å². The van der Waals surface area contributed by atoms with Gasteiger partial charge in [-0.1, -0.05) is 30.3 Å². The van der Waals surface area contributed by atoms with Gasteiger partial charge in [0, 0.05) is 5.38 Å². The zero-order chi connectivity index (χ0) is 19.3. The Bertz CT molecular complexity index is 1110. The zero-order valence-corrected chi connectivity index (χ0v) is 15.9. The molecule has 6 nitrogen and oxygen atoms in total. The predicted molar refractivity (Wildman–Crippen MR) is 110 cm³/mol. The lowest BCUT2D eigenvalue weighted by molar-refractivity contribution is 0.0529. The minimum absolute atomic E-state index is 0.306. The quantitative estimate of drug-likeness (QED) is 0.443. The molecule has 0 aliphatic carbocycles. The van der Waals surface area contributed by atoms with Gasteiger partial charge in [0.15, 0.2) is 5.75 Å². The number of thiophene rings is 1. The molecule has 7 heteroatoms. The Labute approximate surface area is 165 Å². The fraction of sp³-hybridized carbons (Fsp3) is 0.0952. The molecule has 0 bridgehead atoms. The second-order valence-corrected chi connectivity index (χ2v) is 6.67. The average molecular weight is 391 g/mol. The summed E-state index contributed by atoms with van der Waals surface area (Å²) in [5.41, 5.74) is 1.18. The third-order valence-electron chi connectivity index (χ3n) is 3.98. The van der Waals surface area contributed by atoms with Crippen LogP contribution < -0.4 is 10.1 Å².